The van der Waals surface area contributed by atoms with E-state index in [-0.39, 0.29) is 17.3 Å². The van der Waals surface area contributed by atoms with Gasteiger partial charge in [-0.2, -0.15) is 8.78 Å². The van der Waals surface area contributed by atoms with Crippen molar-refractivity contribution in [2.45, 2.75) is 20.0 Å². The predicted molar refractivity (Wildman–Crippen MR) is 54.2 cm³/mol. The Balaban J connectivity index is 3.01. The number of hydrogen-bond acceptors (Lipinski definition) is 3. The maximum atomic E-state index is 12.0. The molecule has 0 spiro atoms. The first kappa shape index (κ1) is 12.4. The molecule has 0 fully saturated rings. The highest BCUT2D eigenvalue weighted by molar-refractivity contribution is 5.98. The van der Waals surface area contributed by atoms with Crippen molar-refractivity contribution in [3.63, 3.8) is 0 Å². The van der Waals surface area contributed by atoms with Crippen LogP contribution in [-0.4, -0.2) is 19.5 Å². The van der Waals surface area contributed by atoms with Crippen LogP contribution in [0.1, 0.15) is 23.7 Å². The molecule has 16 heavy (non-hydrogen) atoms. The number of halogens is 2. The number of benzene rings is 1. The molecule has 0 radical (unpaired) electrons. The van der Waals surface area contributed by atoms with Gasteiger partial charge in [0.15, 0.2) is 5.78 Å². The molecule has 5 heteroatoms. The molecule has 1 aromatic rings. The van der Waals surface area contributed by atoms with Gasteiger partial charge >= 0.3 is 6.61 Å². The minimum Gasteiger partial charge on any atom is -0.496 e. The number of hydrogen-bond donors (Lipinski definition) is 0. The fraction of sp³-hybridized carbons (Fsp3) is 0.364. The number of carbonyl (C=O) groups excluding carboxylic acids is 1. The highest BCUT2D eigenvalue weighted by atomic mass is 19.3. The maximum absolute atomic E-state index is 12.0. The summed E-state index contributed by atoms with van der Waals surface area (Å²) < 4.78 is 33.0. The summed E-state index contributed by atoms with van der Waals surface area (Å²) in [5, 5.41) is 0. The molecule has 0 aromatic heterocycles. The topological polar surface area (TPSA) is 35.5 Å². The summed E-state index contributed by atoms with van der Waals surface area (Å²) >= 11 is 0. The van der Waals surface area contributed by atoms with Crippen molar-refractivity contribution in [1.29, 1.82) is 0 Å². The molecule has 0 bridgehead atoms. The van der Waals surface area contributed by atoms with E-state index in [9.17, 15) is 13.6 Å². The Morgan fingerprint density at radius 2 is 2.12 bits per heavy atom. The second-order valence-corrected chi connectivity index (χ2v) is 3.02. The third-order valence-corrected chi connectivity index (χ3v) is 2.02. The molecule has 0 aliphatic carbocycles. The van der Waals surface area contributed by atoms with Crippen LogP contribution in [0.5, 0.6) is 11.5 Å². The number of methoxy groups -OCH3 is 1. The van der Waals surface area contributed by atoms with Crippen LogP contribution in [0.25, 0.3) is 0 Å². The molecule has 0 N–H and O–H groups in total. The lowest BCUT2D eigenvalue weighted by molar-refractivity contribution is -0.0499. The Labute approximate surface area is 92.0 Å². The summed E-state index contributed by atoms with van der Waals surface area (Å²) in [7, 11) is 1.37. The molecule has 0 heterocycles. The lowest BCUT2D eigenvalue weighted by Crippen LogP contribution is -2.04. The Morgan fingerprint density at radius 1 is 1.44 bits per heavy atom. The molecule has 0 saturated heterocycles. The van der Waals surface area contributed by atoms with Gasteiger partial charge in [-0.3, -0.25) is 4.79 Å². The van der Waals surface area contributed by atoms with Crippen molar-refractivity contribution in [2.24, 2.45) is 0 Å². The van der Waals surface area contributed by atoms with Crippen molar-refractivity contribution in [3.05, 3.63) is 23.8 Å². The van der Waals surface area contributed by atoms with Gasteiger partial charge in [0.25, 0.3) is 0 Å². The van der Waals surface area contributed by atoms with Crippen molar-refractivity contribution >= 4 is 5.78 Å². The summed E-state index contributed by atoms with van der Waals surface area (Å²) in [5.41, 5.74) is 0.367. The van der Waals surface area contributed by atoms with Gasteiger partial charge in [-0.05, 0) is 12.1 Å². The van der Waals surface area contributed by atoms with Gasteiger partial charge in [-0.1, -0.05) is 6.92 Å². The highest BCUT2D eigenvalue weighted by Gasteiger charge is 2.13. The van der Waals surface area contributed by atoms with Crippen LogP contribution in [0.4, 0.5) is 8.78 Å². The van der Waals surface area contributed by atoms with Gasteiger partial charge in [0.1, 0.15) is 11.5 Å². The molecule has 88 valence electrons. The Hall–Kier alpha value is -1.65. The summed E-state index contributed by atoms with van der Waals surface area (Å²) in [6.07, 6.45) is 0.325. The molecule has 0 amide bonds. The largest absolute Gasteiger partial charge is 0.496 e. The van der Waals surface area contributed by atoms with Crippen LogP contribution < -0.4 is 9.47 Å². The number of ether oxygens (including phenoxy) is 2. The lowest BCUT2D eigenvalue weighted by Gasteiger charge is -2.09. The molecule has 3 nitrogen and oxygen atoms in total. The molecule has 0 atom stereocenters. The van der Waals surface area contributed by atoms with E-state index in [0.717, 1.165) is 0 Å². The zero-order chi connectivity index (χ0) is 12.1. The number of rotatable bonds is 5. The quantitative estimate of drug-likeness (QED) is 0.729. The SMILES string of the molecule is CCC(=O)c1ccc(OC(F)F)cc1OC. The second-order valence-electron chi connectivity index (χ2n) is 3.02. The van der Waals surface area contributed by atoms with E-state index in [2.05, 4.69) is 4.74 Å². The van der Waals surface area contributed by atoms with Crippen LogP contribution in [0.3, 0.4) is 0 Å². The summed E-state index contributed by atoms with van der Waals surface area (Å²) in [6.45, 7) is -1.18. The standard InChI is InChI=1S/C11H12F2O3/c1-3-9(14)8-5-4-7(16-11(12)13)6-10(8)15-2/h4-6,11H,3H2,1-2H3. The predicted octanol–water partition coefficient (Wildman–Crippen LogP) is 2.89. The maximum Gasteiger partial charge on any atom is 0.387 e. The molecular weight excluding hydrogens is 218 g/mol. The van der Waals surface area contributed by atoms with E-state index >= 15 is 0 Å². The molecule has 0 unspecified atom stereocenters. The Bertz CT molecular complexity index is 377. The van der Waals surface area contributed by atoms with E-state index in [1.807, 2.05) is 0 Å². The third kappa shape index (κ3) is 2.92. The van der Waals surface area contributed by atoms with Gasteiger partial charge in [0, 0.05) is 12.5 Å². The number of alkyl halides is 2. The van der Waals surface area contributed by atoms with Crippen LogP contribution in [0, 0.1) is 0 Å². The second kappa shape index (κ2) is 5.44. The number of carbonyl (C=O) groups is 1. The zero-order valence-corrected chi connectivity index (χ0v) is 9.00. The van der Waals surface area contributed by atoms with E-state index in [4.69, 9.17) is 4.74 Å². The van der Waals surface area contributed by atoms with Gasteiger partial charge in [0.2, 0.25) is 0 Å². The Morgan fingerprint density at radius 3 is 2.62 bits per heavy atom. The summed E-state index contributed by atoms with van der Waals surface area (Å²) in [4.78, 5) is 11.5. The monoisotopic (exact) mass is 230 g/mol. The van der Waals surface area contributed by atoms with E-state index in [0.29, 0.717) is 12.0 Å². The van der Waals surface area contributed by atoms with Crippen molar-refractivity contribution in [2.75, 3.05) is 7.11 Å². The van der Waals surface area contributed by atoms with Crippen molar-refractivity contribution in [1.82, 2.24) is 0 Å². The van der Waals surface area contributed by atoms with Crippen LogP contribution in [0.15, 0.2) is 18.2 Å². The van der Waals surface area contributed by atoms with Gasteiger partial charge in [-0.25, -0.2) is 0 Å². The highest BCUT2D eigenvalue weighted by Crippen LogP contribution is 2.26. The number of ketones is 1. The fourth-order valence-corrected chi connectivity index (χ4v) is 1.27. The molecule has 0 aliphatic rings. The molecular formula is C11H12F2O3. The summed E-state index contributed by atoms with van der Waals surface area (Å²) in [6, 6.07) is 4.01. The van der Waals surface area contributed by atoms with Gasteiger partial charge < -0.3 is 9.47 Å². The minimum absolute atomic E-state index is 0.0282. The normalized spacial score (nSPS) is 10.3. The van der Waals surface area contributed by atoms with Crippen molar-refractivity contribution < 1.29 is 23.0 Å². The van der Waals surface area contributed by atoms with E-state index in [1.54, 1.807) is 6.92 Å². The third-order valence-electron chi connectivity index (χ3n) is 2.02. The minimum atomic E-state index is -2.89. The van der Waals surface area contributed by atoms with Crippen LogP contribution in [0.2, 0.25) is 0 Å². The van der Waals surface area contributed by atoms with E-state index in [1.165, 1.54) is 25.3 Å². The molecule has 1 aromatic carbocycles. The Kier molecular flexibility index (Phi) is 4.22. The van der Waals surface area contributed by atoms with Crippen molar-refractivity contribution in [3.8, 4) is 11.5 Å². The zero-order valence-electron chi connectivity index (χ0n) is 9.00. The van der Waals surface area contributed by atoms with Gasteiger partial charge in [0.05, 0.1) is 12.7 Å². The fourth-order valence-electron chi connectivity index (χ4n) is 1.27. The molecule has 1 rings (SSSR count). The average Bonchev–Trinajstić information content (AvgIpc) is 2.27. The first-order valence-corrected chi connectivity index (χ1v) is 4.74. The smallest absolute Gasteiger partial charge is 0.387 e. The molecule has 0 saturated carbocycles. The van der Waals surface area contributed by atoms with Crippen LogP contribution in [-0.2, 0) is 0 Å². The summed E-state index contributed by atoms with van der Waals surface area (Å²) in [5.74, 6) is 0.102. The van der Waals surface area contributed by atoms with Gasteiger partial charge in [-0.15, -0.1) is 0 Å². The first-order chi connectivity index (χ1) is 7.58. The molecule has 0 aliphatic heterocycles. The average molecular weight is 230 g/mol. The van der Waals surface area contributed by atoms with Crippen LogP contribution >= 0.6 is 0 Å². The van der Waals surface area contributed by atoms with E-state index < -0.39 is 6.61 Å². The number of Topliss-reactive ketones (excluding diaryl/α,β-unsaturated/α-hetero) is 1. The first-order valence-electron chi connectivity index (χ1n) is 4.74. The lowest BCUT2D eigenvalue weighted by atomic mass is 10.1.